The lowest BCUT2D eigenvalue weighted by Gasteiger charge is -2.14. The minimum atomic E-state index is -1.01. The van der Waals surface area contributed by atoms with Gasteiger partial charge in [-0.25, -0.2) is 4.79 Å². The van der Waals surface area contributed by atoms with E-state index < -0.39 is 5.97 Å². The number of rotatable bonds is 8. The highest BCUT2D eigenvalue weighted by Gasteiger charge is 2.15. The Bertz CT molecular complexity index is 777. The molecule has 7 heteroatoms. The van der Waals surface area contributed by atoms with E-state index in [1.807, 2.05) is 0 Å². The molecule has 0 atom stereocenters. The van der Waals surface area contributed by atoms with E-state index in [1.54, 1.807) is 30.3 Å². The third-order valence-corrected chi connectivity index (χ3v) is 3.82. The second kappa shape index (κ2) is 8.75. The number of hydrogen-bond acceptors (Lipinski definition) is 5. The number of amides is 1. The highest BCUT2D eigenvalue weighted by atomic mass is 16.5. The highest BCUT2D eigenvalue weighted by molar-refractivity contribution is 5.92. The Kier molecular flexibility index (Phi) is 6.43. The summed E-state index contributed by atoms with van der Waals surface area (Å²) >= 11 is 0. The van der Waals surface area contributed by atoms with Gasteiger partial charge in [0.15, 0.2) is 11.5 Å². The molecule has 1 amide bonds. The number of methoxy groups -OCH3 is 3. The molecular formula is C19H21NO6. The molecule has 2 aromatic rings. The molecule has 0 aliphatic carbocycles. The summed E-state index contributed by atoms with van der Waals surface area (Å²) in [5.74, 6) is 0.0326. The van der Waals surface area contributed by atoms with Crippen molar-refractivity contribution >= 4 is 17.6 Å². The molecule has 0 fully saturated rings. The van der Waals surface area contributed by atoms with E-state index in [2.05, 4.69) is 5.32 Å². The number of carbonyl (C=O) groups excluding carboxylic acids is 1. The average Bonchev–Trinajstić information content (AvgIpc) is 2.65. The zero-order valence-corrected chi connectivity index (χ0v) is 14.9. The first-order valence-electron chi connectivity index (χ1n) is 7.91. The van der Waals surface area contributed by atoms with Crippen LogP contribution in [0.4, 0.5) is 5.69 Å². The van der Waals surface area contributed by atoms with Gasteiger partial charge in [0.25, 0.3) is 0 Å². The van der Waals surface area contributed by atoms with Crippen LogP contribution in [-0.4, -0.2) is 38.3 Å². The van der Waals surface area contributed by atoms with Gasteiger partial charge in [-0.2, -0.15) is 0 Å². The maximum absolute atomic E-state index is 12.2. The van der Waals surface area contributed by atoms with Crippen LogP contribution in [0.15, 0.2) is 36.4 Å². The highest BCUT2D eigenvalue weighted by Crippen LogP contribution is 2.39. The number of carbonyl (C=O) groups is 2. The summed E-state index contributed by atoms with van der Waals surface area (Å²) in [6.07, 6.45) is 0.458. The summed E-state index contributed by atoms with van der Waals surface area (Å²) in [4.78, 5) is 23.5. The van der Waals surface area contributed by atoms with E-state index >= 15 is 0 Å². The second-order valence-electron chi connectivity index (χ2n) is 5.42. The van der Waals surface area contributed by atoms with Crippen LogP contribution in [0.3, 0.4) is 0 Å². The van der Waals surface area contributed by atoms with Gasteiger partial charge in [-0.05, 0) is 18.1 Å². The number of aryl methyl sites for hydroxylation is 1. The SMILES string of the molecule is COc1cc(NC(=O)CCc2ccccc2C(=O)O)cc(OC)c1OC. The maximum Gasteiger partial charge on any atom is 0.335 e. The minimum absolute atomic E-state index is 0.140. The van der Waals surface area contributed by atoms with Gasteiger partial charge in [0.2, 0.25) is 11.7 Å². The monoisotopic (exact) mass is 359 g/mol. The number of carboxylic acid groups (broad SMARTS) is 1. The van der Waals surface area contributed by atoms with Gasteiger partial charge in [0.05, 0.1) is 26.9 Å². The molecule has 26 heavy (non-hydrogen) atoms. The molecule has 0 unspecified atom stereocenters. The summed E-state index contributed by atoms with van der Waals surface area (Å²) in [5.41, 5.74) is 1.31. The van der Waals surface area contributed by atoms with E-state index in [0.717, 1.165) is 0 Å². The molecule has 0 heterocycles. The predicted molar refractivity (Wildman–Crippen MR) is 96.5 cm³/mol. The van der Waals surface area contributed by atoms with Crippen molar-refractivity contribution < 1.29 is 28.9 Å². The number of hydrogen-bond donors (Lipinski definition) is 2. The van der Waals surface area contributed by atoms with Gasteiger partial charge in [0.1, 0.15) is 0 Å². The van der Waals surface area contributed by atoms with E-state index in [0.29, 0.717) is 34.9 Å². The van der Waals surface area contributed by atoms with Crippen LogP contribution in [-0.2, 0) is 11.2 Å². The predicted octanol–water partition coefficient (Wildman–Crippen LogP) is 2.98. The Balaban J connectivity index is 2.10. The summed E-state index contributed by atoms with van der Waals surface area (Å²) in [5, 5.41) is 12.0. The number of carboxylic acids is 1. The average molecular weight is 359 g/mol. The van der Waals surface area contributed by atoms with Gasteiger partial charge in [-0.3, -0.25) is 4.79 Å². The Hall–Kier alpha value is -3.22. The van der Waals surface area contributed by atoms with Crippen molar-refractivity contribution in [1.29, 1.82) is 0 Å². The summed E-state index contributed by atoms with van der Waals surface area (Å²) in [6, 6.07) is 9.89. The lowest BCUT2D eigenvalue weighted by atomic mass is 10.0. The Labute approximate surface area is 151 Å². The van der Waals surface area contributed by atoms with Crippen LogP contribution in [0, 0.1) is 0 Å². The lowest BCUT2D eigenvalue weighted by molar-refractivity contribution is -0.116. The number of benzene rings is 2. The Morgan fingerprint density at radius 3 is 2.15 bits per heavy atom. The van der Waals surface area contributed by atoms with Crippen LogP contribution in [0.25, 0.3) is 0 Å². The van der Waals surface area contributed by atoms with Crippen LogP contribution >= 0.6 is 0 Å². The van der Waals surface area contributed by atoms with Crippen LogP contribution < -0.4 is 19.5 Å². The molecule has 0 radical (unpaired) electrons. The van der Waals surface area contributed by atoms with Crippen LogP contribution in [0.1, 0.15) is 22.3 Å². The largest absolute Gasteiger partial charge is 0.493 e. The number of nitrogens with one attached hydrogen (secondary N) is 1. The molecule has 0 saturated heterocycles. The first-order valence-corrected chi connectivity index (χ1v) is 7.91. The smallest absolute Gasteiger partial charge is 0.335 e. The number of ether oxygens (including phenoxy) is 3. The zero-order valence-electron chi connectivity index (χ0n) is 14.9. The van der Waals surface area contributed by atoms with E-state index in [9.17, 15) is 14.7 Å². The fraction of sp³-hybridized carbons (Fsp3) is 0.263. The van der Waals surface area contributed by atoms with Gasteiger partial charge in [-0.15, -0.1) is 0 Å². The van der Waals surface area contributed by atoms with Gasteiger partial charge in [0, 0.05) is 24.2 Å². The van der Waals surface area contributed by atoms with Crippen molar-refractivity contribution in [2.45, 2.75) is 12.8 Å². The summed E-state index contributed by atoms with van der Waals surface area (Å²) in [7, 11) is 4.48. The third-order valence-electron chi connectivity index (χ3n) is 3.82. The molecule has 0 saturated carbocycles. The molecule has 0 aliphatic heterocycles. The Morgan fingerprint density at radius 1 is 1.00 bits per heavy atom. The quantitative estimate of drug-likeness (QED) is 0.752. The van der Waals surface area contributed by atoms with Gasteiger partial charge in [-0.1, -0.05) is 18.2 Å². The lowest BCUT2D eigenvalue weighted by Crippen LogP contribution is -2.13. The fourth-order valence-corrected chi connectivity index (χ4v) is 2.57. The summed E-state index contributed by atoms with van der Waals surface area (Å²) < 4.78 is 15.7. The first kappa shape index (κ1) is 19.1. The molecule has 2 aromatic carbocycles. The van der Waals surface area contributed by atoms with Crippen LogP contribution in [0.2, 0.25) is 0 Å². The topological polar surface area (TPSA) is 94.1 Å². The van der Waals surface area contributed by atoms with Crippen molar-refractivity contribution in [3.05, 3.63) is 47.5 Å². The normalized spacial score (nSPS) is 10.1. The van der Waals surface area contributed by atoms with Gasteiger partial charge >= 0.3 is 5.97 Å². The molecule has 0 aliphatic rings. The van der Waals surface area contributed by atoms with E-state index in [-0.39, 0.29) is 17.9 Å². The molecule has 2 N–H and O–H groups in total. The van der Waals surface area contributed by atoms with Crippen molar-refractivity contribution in [1.82, 2.24) is 0 Å². The first-order chi connectivity index (χ1) is 12.5. The van der Waals surface area contributed by atoms with E-state index in [1.165, 1.54) is 27.4 Å². The van der Waals surface area contributed by atoms with Gasteiger partial charge < -0.3 is 24.6 Å². The molecular weight excluding hydrogens is 338 g/mol. The summed E-state index contributed by atoms with van der Waals surface area (Å²) in [6.45, 7) is 0. The van der Waals surface area contributed by atoms with Crippen molar-refractivity contribution in [2.24, 2.45) is 0 Å². The van der Waals surface area contributed by atoms with E-state index in [4.69, 9.17) is 14.2 Å². The third kappa shape index (κ3) is 4.44. The molecule has 138 valence electrons. The zero-order chi connectivity index (χ0) is 19.1. The number of anilines is 1. The van der Waals surface area contributed by atoms with Crippen molar-refractivity contribution in [3.63, 3.8) is 0 Å². The number of aromatic carboxylic acids is 1. The standard InChI is InChI=1S/C19H21NO6/c1-24-15-10-13(11-16(25-2)18(15)26-3)20-17(21)9-8-12-6-4-5-7-14(12)19(22)23/h4-7,10-11H,8-9H2,1-3H3,(H,20,21)(H,22,23). The molecule has 0 aromatic heterocycles. The van der Waals surface area contributed by atoms with Crippen molar-refractivity contribution in [2.75, 3.05) is 26.6 Å². The minimum Gasteiger partial charge on any atom is -0.493 e. The Morgan fingerprint density at radius 2 is 1.62 bits per heavy atom. The molecule has 0 spiro atoms. The van der Waals surface area contributed by atoms with Crippen molar-refractivity contribution in [3.8, 4) is 17.2 Å². The molecule has 2 rings (SSSR count). The fourth-order valence-electron chi connectivity index (χ4n) is 2.57. The molecule has 7 nitrogen and oxygen atoms in total. The maximum atomic E-state index is 12.2. The second-order valence-corrected chi connectivity index (χ2v) is 5.42. The molecule has 0 bridgehead atoms. The van der Waals surface area contributed by atoms with Crippen LogP contribution in [0.5, 0.6) is 17.2 Å².